The van der Waals surface area contributed by atoms with E-state index < -0.39 is 45.7 Å². The Labute approximate surface area is 195 Å². The minimum Gasteiger partial charge on any atom is -0.374 e. The molecule has 1 aliphatic heterocycles. The molecule has 0 bridgehead atoms. The van der Waals surface area contributed by atoms with E-state index in [4.69, 9.17) is 11.6 Å². The second-order valence-corrected chi connectivity index (χ2v) is 11.0. The number of halogens is 3. The maximum Gasteiger partial charge on any atom is 0.237 e. The molecule has 3 atom stereocenters. The predicted molar refractivity (Wildman–Crippen MR) is 117 cm³/mol. The third-order valence-electron chi connectivity index (χ3n) is 6.11. The Morgan fingerprint density at radius 3 is 2.64 bits per heavy atom. The molecule has 2 aliphatic rings. The number of likely N-dealkylation sites (tertiary alicyclic amines) is 1. The summed E-state index contributed by atoms with van der Waals surface area (Å²) >= 11 is 5.67. The van der Waals surface area contributed by atoms with E-state index in [0.29, 0.717) is 24.9 Å². The molecule has 11 heteroatoms. The molecule has 0 radical (unpaired) electrons. The number of hydrogen-bond acceptors (Lipinski definition) is 6. The van der Waals surface area contributed by atoms with Crippen LogP contribution in [0, 0.1) is 17.6 Å². The zero-order valence-electron chi connectivity index (χ0n) is 17.8. The van der Waals surface area contributed by atoms with Gasteiger partial charge in [-0.15, -0.1) is 0 Å². The van der Waals surface area contributed by atoms with E-state index in [-0.39, 0.29) is 21.5 Å². The molecule has 2 N–H and O–H groups in total. The van der Waals surface area contributed by atoms with Crippen molar-refractivity contribution >= 4 is 27.3 Å². The van der Waals surface area contributed by atoms with Crippen molar-refractivity contribution in [2.24, 2.45) is 5.92 Å². The molecule has 1 aliphatic carbocycles. The molecular formula is C22H24ClF2N3O4S. The van der Waals surface area contributed by atoms with Crippen LogP contribution in [0.4, 0.5) is 8.78 Å². The standard InChI is InChI=1S/C22H24ClF2N3O4S/c1-33(31,32)19-9-13(6-7-26-19)22(30)28-8-2-3-18(28)21(29)27-20(12-4-5-12)14-10-17(25)15(23)11-16(14)24/h6-7,9-12,18,20,22,30H,2-5,8H2,1H3,(H,27,29)/t18-,20-,22?/m1/s1. The van der Waals surface area contributed by atoms with Crippen LogP contribution in [-0.2, 0) is 14.6 Å². The SMILES string of the molecule is CS(=O)(=O)c1cc(C(O)N2CCC[C@@H]2C(=O)N[C@@H](c2cc(F)c(Cl)cc2F)C2CC2)ccn1. The summed E-state index contributed by atoms with van der Waals surface area (Å²) in [6.07, 6.45) is 3.73. The number of aliphatic hydroxyl groups excluding tert-OH is 1. The quantitative estimate of drug-likeness (QED) is 0.568. The highest BCUT2D eigenvalue weighted by Gasteiger charge is 2.40. The fourth-order valence-corrected chi connectivity index (χ4v) is 5.00. The third kappa shape index (κ3) is 5.18. The fourth-order valence-electron chi connectivity index (χ4n) is 4.25. The number of aliphatic hydroxyl groups is 1. The van der Waals surface area contributed by atoms with E-state index in [9.17, 15) is 27.1 Å². The van der Waals surface area contributed by atoms with E-state index in [1.54, 1.807) is 4.90 Å². The Morgan fingerprint density at radius 1 is 1.24 bits per heavy atom. The van der Waals surface area contributed by atoms with Gasteiger partial charge in [-0.1, -0.05) is 11.6 Å². The number of nitrogens with one attached hydrogen (secondary N) is 1. The Kier molecular flexibility index (Phi) is 6.73. The van der Waals surface area contributed by atoms with Crippen molar-refractivity contribution in [3.05, 3.63) is 58.2 Å². The van der Waals surface area contributed by atoms with E-state index in [1.807, 2.05) is 0 Å². The lowest BCUT2D eigenvalue weighted by Gasteiger charge is -2.30. The average Bonchev–Trinajstić information content (AvgIpc) is 3.49. The summed E-state index contributed by atoms with van der Waals surface area (Å²) in [6, 6.07) is 3.28. The van der Waals surface area contributed by atoms with Gasteiger partial charge >= 0.3 is 0 Å². The van der Waals surface area contributed by atoms with E-state index in [2.05, 4.69) is 10.3 Å². The van der Waals surface area contributed by atoms with Crippen molar-refractivity contribution in [3.63, 3.8) is 0 Å². The average molecular weight is 500 g/mol. The molecule has 178 valence electrons. The molecule has 0 spiro atoms. The molecule has 2 heterocycles. The van der Waals surface area contributed by atoms with E-state index >= 15 is 0 Å². The smallest absolute Gasteiger partial charge is 0.237 e. The highest BCUT2D eigenvalue weighted by Crippen LogP contribution is 2.43. The first-order valence-corrected chi connectivity index (χ1v) is 12.9. The van der Waals surface area contributed by atoms with Gasteiger partial charge in [0.15, 0.2) is 14.9 Å². The van der Waals surface area contributed by atoms with Crippen LogP contribution < -0.4 is 5.32 Å². The van der Waals surface area contributed by atoms with Gasteiger partial charge in [-0.2, -0.15) is 0 Å². The fraction of sp³-hybridized carbons (Fsp3) is 0.455. The minimum atomic E-state index is -3.57. The predicted octanol–water partition coefficient (Wildman–Crippen LogP) is 3.14. The van der Waals surface area contributed by atoms with E-state index in [0.717, 1.165) is 31.2 Å². The summed E-state index contributed by atoms with van der Waals surface area (Å²) in [5.41, 5.74) is 0.347. The molecule has 1 unspecified atom stereocenters. The number of benzene rings is 1. The molecule has 33 heavy (non-hydrogen) atoms. The van der Waals surface area contributed by atoms with Gasteiger partial charge < -0.3 is 10.4 Å². The second-order valence-electron chi connectivity index (χ2n) is 8.58. The summed E-state index contributed by atoms with van der Waals surface area (Å²) in [5.74, 6) is -1.87. The van der Waals surface area contributed by atoms with Gasteiger partial charge in [0, 0.05) is 24.6 Å². The number of hydrogen-bond donors (Lipinski definition) is 2. The molecule has 1 aromatic heterocycles. The molecule has 7 nitrogen and oxygen atoms in total. The molecule has 2 fully saturated rings. The summed E-state index contributed by atoms with van der Waals surface area (Å²) in [7, 11) is -3.57. The van der Waals surface area contributed by atoms with Crippen molar-refractivity contribution < 1.29 is 27.1 Å². The Morgan fingerprint density at radius 2 is 1.97 bits per heavy atom. The number of aromatic nitrogens is 1. The van der Waals surface area contributed by atoms with Crippen LogP contribution >= 0.6 is 11.6 Å². The van der Waals surface area contributed by atoms with E-state index in [1.165, 1.54) is 18.3 Å². The van der Waals surface area contributed by atoms with Crippen molar-refractivity contribution in [2.45, 2.75) is 49.0 Å². The number of carbonyl (C=O) groups is 1. The topological polar surface area (TPSA) is 99.6 Å². The monoisotopic (exact) mass is 499 g/mol. The van der Waals surface area contributed by atoms with Crippen LogP contribution in [0.5, 0.6) is 0 Å². The van der Waals surface area contributed by atoms with Crippen molar-refractivity contribution in [1.82, 2.24) is 15.2 Å². The number of nitrogens with zero attached hydrogens (tertiary/aromatic N) is 2. The summed E-state index contributed by atoms with van der Waals surface area (Å²) in [4.78, 5) is 18.6. The first kappa shape index (κ1) is 24.0. The van der Waals surface area contributed by atoms with Gasteiger partial charge in [-0.3, -0.25) is 9.69 Å². The van der Waals surface area contributed by atoms with Gasteiger partial charge in [-0.05, 0) is 61.4 Å². The molecule has 1 amide bonds. The minimum absolute atomic E-state index is 0.0127. The maximum atomic E-state index is 14.5. The van der Waals surface area contributed by atoms with Crippen LogP contribution in [0.2, 0.25) is 5.02 Å². The Balaban J connectivity index is 1.55. The molecule has 2 aromatic rings. The molecular weight excluding hydrogens is 476 g/mol. The van der Waals surface area contributed by atoms with Crippen LogP contribution in [-0.4, -0.2) is 48.2 Å². The summed E-state index contributed by atoms with van der Waals surface area (Å²) < 4.78 is 52.2. The van der Waals surface area contributed by atoms with Crippen LogP contribution in [0.25, 0.3) is 0 Å². The van der Waals surface area contributed by atoms with Gasteiger partial charge in [0.05, 0.1) is 17.1 Å². The van der Waals surface area contributed by atoms with Crippen LogP contribution in [0.3, 0.4) is 0 Å². The van der Waals surface area contributed by atoms with Gasteiger partial charge in [-0.25, -0.2) is 22.2 Å². The van der Waals surface area contributed by atoms with Crippen LogP contribution in [0.1, 0.15) is 49.1 Å². The van der Waals surface area contributed by atoms with Gasteiger partial charge in [0.1, 0.15) is 17.9 Å². The normalized spacial score (nSPS) is 21.1. The number of amides is 1. The largest absolute Gasteiger partial charge is 0.374 e. The number of sulfone groups is 1. The highest BCUT2D eigenvalue weighted by molar-refractivity contribution is 7.90. The molecule has 1 saturated heterocycles. The first-order valence-electron chi connectivity index (χ1n) is 10.6. The first-order chi connectivity index (χ1) is 15.6. The highest BCUT2D eigenvalue weighted by atomic mass is 35.5. The molecule has 1 aromatic carbocycles. The van der Waals surface area contributed by atoms with Crippen molar-refractivity contribution in [1.29, 1.82) is 0 Å². The second kappa shape index (κ2) is 9.25. The lowest BCUT2D eigenvalue weighted by atomic mass is 10.0. The lowest BCUT2D eigenvalue weighted by Crippen LogP contribution is -2.46. The molecule has 4 rings (SSSR count). The maximum absolute atomic E-state index is 14.5. The molecule has 1 saturated carbocycles. The van der Waals surface area contributed by atoms with Crippen LogP contribution in [0.15, 0.2) is 35.5 Å². The summed E-state index contributed by atoms with van der Waals surface area (Å²) in [6.45, 7) is 0.411. The number of pyridine rings is 1. The van der Waals surface area contributed by atoms with Crippen molar-refractivity contribution in [3.8, 4) is 0 Å². The number of rotatable bonds is 7. The van der Waals surface area contributed by atoms with Crippen molar-refractivity contribution in [2.75, 3.05) is 12.8 Å². The summed E-state index contributed by atoms with van der Waals surface area (Å²) in [5, 5.41) is 13.3. The zero-order valence-corrected chi connectivity index (χ0v) is 19.4. The number of carbonyl (C=O) groups excluding carboxylic acids is 1. The zero-order chi connectivity index (χ0) is 23.9. The lowest BCUT2D eigenvalue weighted by molar-refractivity contribution is -0.130. The van der Waals surface area contributed by atoms with Gasteiger partial charge in [0.25, 0.3) is 0 Å². The Hall–Kier alpha value is -2.14. The van der Waals surface area contributed by atoms with Gasteiger partial charge in [0.2, 0.25) is 5.91 Å². The third-order valence-corrected chi connectivity index (χ3v) is 7.39. The Bertz CT molecular complexity index is 1180.